The van der Waals surface area contributed by atoms with Crippen molar-refractivity contribution in [2.45, 2.75) is 84.9 Å². The fourth-order valence-corrected chi connectivity index (χ4v) is 4.95. The molecule has 0 aromatic carbocycles. The van der Waals surface area contributed by atoms with Crippen molar-refractivity contribution in [2.75, 3.05) is 0 Å². The van der Waals surface area contributed by atoms with Crippen molar-refractivity contribution in [1.82, 2.24) is 4.98 Å². The molecule has 0 spiro atoms. The summed E-state index contributed by atoms with van der Waals surface area (Å²) in [5.41, 5.74) is 7.07. The number of esters is 1. The zero-order chi connectivity index (χ0) is 30.3. The predicted molar refractivity (Wildman–Crippen MR) is 145 cm³/mol. The van der Waals surface area contributed by atoms with Crippen molar-refractivity contribution in [1.29, 1.82) is 0 Å². The molecule has 2 heterocycles. The topological polar surface area (TPSA) is 145 Å². The number of ether oxygens (including phenoxy) is 1. The summed E-state index contributed by atoms with van der Waals surface area (Å²) in [6.07, 6.45) is -4.56. The second-order valence-corrected chi connectivity index (χ2v) is 11.4. The number of cyclic esters (lactones) is 1. The summed E-state index contributed by atoms with van der Waals surface area (Å²) in [7, 11) is 0. The molecule has 0 saturated heterocycles. The van der Waals surface area contributed by atoms with Crippen LogP contribution in [0.4, 0.5) is 13.2 Å². The van der Waals surface area contributed by atoms with Gasteiger partial charge in [0.25, 0.3) is 0 Å². The number of hydrogen-bond acceptors (Lipinski definition) is 8. The molecule has 9 nitrogen and oxygen atoms in total. The smallest absolute Gasteiger partial charge is 0.412 e. The molecule has 0 radical (unpaired) electrons. The largest absolute Gasteiger partial charge is 0.457 e. The van der Waals surface area contributed by atoms with Gasteiger partial charge in [-0.15, -0.1) is 11.3 Å². The van der Waals surface area contributed by atoms with Crippen LogP contribution in [0.1, 0.15) is 64.6 Å². The first-order valence-corrected chi connectivity index (χ1v) is 13.6. The van der Waals surface area contributed by atoms with Crippen LogP contribution in [0.15, 0.2) is 39.9 Å². The number of thiazole rings is 1. The summed E-state index contributed by atoms with van der Waals surface area (Å²) in [5, 5.41) is 27.1. The molecule has 0 bridgehead atoms. The van der Waals surface area contributed by atoms with E-state index in [1.807, 2.05) is 0 Å². The minimum atomic E-state index is -4.65. The number of ketones is 1. The average molecular weight is 585 g/mol. The predicted octanol–water partition coefficient (Wildman–Crippen LogP) is 6.09. The Labute approximate surface area is 235 Å². The number of rotatable bonds is 4. The molecule has 1 aromatic rings. The van der Waals surface area contributed by atoms with Gasteiger partial charge in [-0.1, -0.05) is 51.0 Å². The molecule has 1 aliphatic heterocycles. The monoisotopic (exact) mass is 584 g/mol. The highest BCUT2D eigenvalue weighted by atomic mass is 32.1. The Balaban J connectivity index is 2.50. The lowest BCUT2D eigenvalue weighted by atomic mass is 9.73. The molecule has 0 aliphatic carbocycles. The number of allylic oxidation sites excluding steroid dienone is 2. The molecule has 5 unspecified atom stereocenters. The van der Waals surface area contributed by atoms with Crippen LogP contribution in [-0.2, 0) is 20.9 Å². The zero-order valence-electron chi connectivity index (χ0n) is 23.1. The fourth-order valence-electron chi connectivity index (χ4n) is 4.28. The third kappa shape index (κ3) is 9.02. The van der Waals surface area contributed by atoms with Gasteiger partial charge in [-0.05, 0) is 30.5 Å². The number of hydrogen-bond donors (Lipinski definition) is 2. The van der Waals surface area contributed by atoms with Gasteiger partial charge in [-0.3, -0.25) is 9.59 Å². The SMILES string of the molecule is C/C(=C\c1csc(CN=[N+]=[N-])n1)C1C/C=C(/C(F)(F)F)C/C=C/C(C)C(O)C(C)C(=O)C(C)(C)C(O)CC(=O)O1. The van der Waals surface area contributed by atoms with Crippen molar-refractivity contribution in [2.24, 2.45) is 22.4 Å². The second kappa shape index (κ2) is 14.1. The van der Waals surface area contributed by atoms with E-state index in [1.165, 1.54) is 44.3 Å². The molecular weight excluding hydrogens is 549 g/mol. The molecule has 2 N–H and O–H groups in total. The summed E-state index contributed by atoms with van der Waals surface area (Å²) < 4.78 is 47.0. The minimum absolute atomic E-state index is 0.0400. The molecular formula is C27H35F3N4O5S. The summed E-state index contributed by atoms with van der Waals surface area (Å²) in [6, 6.07) is 0. The molecule has 0 amide bonds. The van der Waals surface area contributed by atoms with Crippen LogP contribution in [-0.4, -0.2) is 51.4 Å². The first-order valence-electron chi connectivity index (χ1n) is 12.7. The van der Waals surface area contributed by atoms with Gasteiger partial charge in [0.15, 0.2) is 0 Å². The molecule has 2 rings (SSSR count). The average Bonchev–Trinajstić information content (AvgIpc) is 3.32. The Morgan fingerprint density at radius 1 is 1.32 bits per heavy atom. The quantitative estimate of drug-likeness (QED) is 0.144. The fraction of sp³-hybridized carbons (Fsp3) is 0.593. The van der Waals surface area contributed by atoms with E-state index in [-0.39, 0.29) is 13.0 Å². The highest BCUT2D eigenvalue weighted by molar-refractivity contribution is 7.09. The number of aliphatic hydroxyl groups excluding tert-OH is 2. The normalized spacial score (nSPS) is 29.6. The highest BCUT2D eigenvalue weighted by Gasteiger charge is 2.42. The molecule has 1 aromatic heterocycles. The maximum absolute atomic E-state index is 13.8. The number of alkyl halides is 3. The van der Waals surface area contributed by atoms with E-state index < -0.39 is 71.9 Å². The lowest BCUT2D eigenvalue weighted by Crippen LogP contribution is -2.45. The Morgan fingerprint density at radius 3 is 2.62 bits per heavy atom. The Bertz CT molecular complexity index is 1200. The van der Waals surface area contributed by atoms with Crippen molar-refractivity contribution in [3.05, 3.63) is 55.9 Å². The summed E-state index contributed by atoms with van der Waals surface area (Å²) in [5.74, 6) is -2.98. The highest BCUT2D eigenvalue weighted by Crippen LogP contribution is 2.33. The van der Waals surface area contributed by atoms with Crippen LogP contribution < -0.4 is 0 Å². The number of Topliss-reactive ketones (excluding diaryl/α,β-unsaturated/α-hetero) is 1. The van der Waals surface area contributed by atoms with Crippen molar-refractivity contribution in [3.8, 4) is 0 Å². The molecule has 0 saturated carbocycles. The Kier molecular flexibility index (Phi) is 11.7. The number of aliphatic hydroxyl groups is 2. The van der Waals surface area contributed by atoms with Gasteiger partial charge in [-0.2, -0.15) is 13.2 Å². The Hall–Kier alpha value is -2.99. The van der Waals surface area contributed by atoms with E-state index in [0.717, 1.165) is 6.08 Å². The summed E-state index contributed by atoms with van der Waals surface area (Å²) in [6.45, 7) is 7.63. The lowest BCUT2D eigenvalue weighted by molar-refractivity contribution is -0.154. The van der Waals surface area contributed by atoms with Crippen molar-refractivity contribution < 1.29 is 37.7 Å². The number of nitrogens with zero attached hydrogens (tertiary/aromatic N) is 4. The number of aromatic nitrogens is 1. The van der Waals surface area contributed by atoms with Gasteiger partial charge in [0.05, 0.1) is 41.3 Å². The minimum Gasteiger partial charge on any atom is -0.457 e. The van der Waals surface area contributed by atoms with Gasteiger partial charge >= 0.3 is 12.1 Å². The first-order chi connectivity index (χ1) is 18.6. The molecule has 1 aliphatic rings. The van der Waals surface area contributed by atoms with Crippen molar-refractivity contribution in [3.63, 3.8) is 0 Å². The summed E-state index contributed by atoms with van der Waals surface area (Å²) in [4.78, 5) is 33.0. The van der Waals surface area contributed by atoms with E-state index in [2.05, 4.69) is 15.0 Å². The third-order valence-corrected chi connectivity index (χ3v) is 7.86. The molecule has 220 valence electrons. The van der Waals surface area contributed by atoms with Crippen LogP contribution in [0, 0.1) is 17.3 Å². The van der Waals surface area contributed by atoms with E-state index >= 15 is 0 Å². The first kappa shape index (κ1) is 33.2. The van der Waals surface area contributed by atoms with Gasteiger partial charge in [-0.25, -0.2) is 4.98 Å². The third-order valence-electron chi connectivity index (χ3n) is 7.01. The lowest BCUT2D eigenvalue weighted by Gasteiger charge is -2.34. The molecule has 13 heteroatoms. The van der Waals surface area contributed by atoms with Gasteiger partial charge in [0.1, 0.15) is 11.9 Å². The van der Waals surface area contributed by atoms with Crippen LogP contribution in [0.5, 0.6) is 0 Å². The van der Waals surface area contributed by atoms with Crippen LogP contribution in [0.3, 0.4) is 0 Å². The number of carbonyl (C=O) groups is 2. The van der Waals surface area contributed by atoms with Gasteiger partial charge in [0, 0.05) is 34.1 Å². The second-order valence-electron chi connectivity index (χ2n) is 10.5. The van der Waals surface area contributed by atoms with E-state index in [9.17, 15) is 33.0 Å². The van der Waals surface area contributed by atoms with Gasteiger partial charge < -0.3 is 14.9 Å². The molecule has 0 fully saturated rings. The number of halogens is 3. The van der Waals surface area contributed by atoms with Crippen LogP contribution >= 0.6 is 11.3 Å². The number of carbonyl (C=O) groups excluding carboxylic acids is 2. The maximum atomic E-state index is 13.8. The van der Waals surface area contributed by atoms with Crippen molar-refractivity contribution >= 4 is 29.2 Å². The molecule has 5 atom stereocenters. The maximum Gasteiger partial charge on any atom is 0.412 e. The standard InChI is InChI=1S/C27H35F3N4O5S/c1-15-7-6-8-18(27(28,29)30)9-10-20(16(2)11-19-14-40-22(33-19)13-32-34-31)39-23(36)12-21(35)26(4,5)25(38)17(3)24(15)37/h6-7,9,11,14-15,17,20-21,24,35,37H,8,10,12-13H2,1-5H3/b7-6+,16-11+,18-9+. The van der Waals surface area contributed by atoms with E-state index in [4.69, 9.17) is 10.3 Å². The van der Waals surface area contributed by atoms with Crippen LogP contribution in [0.25, 0.3) is 16.5 Å². The Morgan fingerprint density at radius 2 is 2.00 bits per heavy atom. The van der Waals surface area contributed by atoms with E-state index in [0.29, 0.717) is 16.3 Å². The van der Waals surface area contributed by atoms with E-state index in [1.54, 1.807) is 25.3 Å². The summed E-state index contributed by atoms with van der Waals surface area (Å²) >= 11 is 1.23. The number of azide groups is 1. The van der Waals surface area contributed by atoms with Gasteiger partial charge in [0.2, 0.25) is 0 Å². The molecule has 40 heavy (non-hydrogen) atoms. The zero-order valence-corrected chi connectivity index (χ0v) is 23.9. The van der Waals surface area contributed by atoms with Crippen LogP contribution in [0.2, 0.25) is 0 Å².